The van der Waals surface area contributed by atoms with Crippen LogP contribution in [0.25, 0.3) is 0 Å². The molecule has 0 spiro atoms. The molecule has 2 aliphatic carbocycles. The smallest absolute Gasteiger partial charge is 0.417 e. The summed E-state index contributed by atoms with van der Waals surface area (Å²) in [6, 6.07) is 24.4. The summed E-state index contributed by atoms with van der Waals surface area (Å²) in [4.78, 5) is 78.0. The highest BCUT2D eigenvalue weighted by Crippen LogP contribution is 2.66. The number of halogens is 5. The zero-order valence-electron chi connectivity index (χ0n) is 33.7. The summed E-state index contributed by atoms with van der Waals surface area (Å²) in [7, 11) is 2.73. The summed E-state index contributed by atoms with van der Waals surface area (Å²) < 4.78 is 52.1. The van der Waals surface area contributed by atoms with Gasteiger partial charge in [-0.05, 0) is 66.8 Å². The second-order valence-corrected chi connectivity index (χ2v) is 16.8. The van der Waals surface area contributed by atoms with Gasteiger partial charge < -0.3 is 14.6 Å². The lowest BCUT2D eigenvalue weighted by atomic mass is 9.49. The van der Waals surface area contributed by atoms with Crippen molar-refractivity contribution in [3.63, 3.8) is 0 Å². The minimum absolute atomic E-state index is 0.0361. The van der Waals surface area contributed by atoms with Gasteiger partial charge in [0, 0.05) is 46.0 Å². The molecular formula is C47H35Cl2F3N4O8. The Balaban J connectivity index is 1.19. The normalized spacial score (nSPS) is 23.9. The maximum atomic E-state index is 15.6. The summed E-state index contributed by atoms with van der Waals surface area (Å²) >= 11 is 12.7. The molecule has 9 rings (SSSR count). The van der Waals surface area contributed by atoms with Gasteiger partial charge in [0.05, 0.1) is 53.7 Å². The van der Waals surface area contributed by atoms with Crippen LogP contribution in [0.15, 0.2) is 115 Å². The number of aromatic nitrogens is 1. The van der Waals surface area contributed by atoms with Crippen LogP contribution in [0.1, 0.15) is 51.4 Å². The van der Waals surface area contributed by atoms with Crippen LogP contribution < -0.4 is 19.8 Å². The van der Waals surface area contributed by atoms with Gasteiger partial charge in [0.15, 0.2) is 11.6 Å². The van der Waals surface area contributed by atoms with E-state index in [4.69, 9.17) is 32.7 Å². The Kier molecular flexibility index (Phi) is 10.5. The lowest BCUT2D eigenvalue weighted by Gasteiger charge is -2.50. The van der Waals surface area contributed by atoms with E-state index in [0.29, 0.717) is 39.0 Å². The molecule has 0 radical (unpaired) electrons. The highest BCUT2D eigenvalue weighted by molar-refractivity contribution is 6.33. The number of nitrogens with one attached hydrogen (secondary N) is 1. The van der Waals surface area contributed by atoms with Gasteiger partial charge in [-0.25, -0.2) is 4.98 Å². The molecule has 326 valence electrons. The van der Waals surface area contributed by atoms with Crippen molar-refractivity contribution in [1.82, 2.24) is 9.99 Å². The first-order chi connectivity index (χ1) is 30.6. The van der Waals surface area contributed by atoms with Crippen LogP contribution in [-0.4, -0.2) is 58.7 Å². The Morgan fingerprint density at radius 2 is 1.55 bits per heavy atom. The molecule has 2 N–H and O–H groups in total. The van der Waals surface area contributed by atoms with Crippen molar-refractivity contribution in [2.24, 2.45) is 23.7 Å². The third-order valence-corrected chi connectivity index (χ3v) is 13.4. The van der Waals surface area contributed by atoms with Gasteiger partial charge in [-0.1, -0.05) is 77.3 Å². The van der Waals surface area contributed by atoms with E-state index in [1.54, 1.807) is 48.5 Å². The summed E-state index contributed by atoms with van der Waals surface area (Å²) in [6.07, 6.45) is -2.65. The Morgan fingerprint density at radius 3 is 2.19 bits per heavy atom. The fraction of sp³-hybridized carbons (Fsp3) is 0.234. The maximum absolute atomic E-state index is 15.6. The number of ether oxygens (including phenoxy) is 2. The lowest BCUT2D eigenvalue weighted by Crippen LogP contribution is -2.53. The number of alkyl halides is 3. The number of hydrazine groups is 1. The van der Waals surface area contributed by atoms with Crippen molar-refractivity contribution in [2.45, 2.75) is 30.4 Å². The number of hydrogen-bond acceptors (Lipinski definition) is 10. The van der Waals surface area contributed by atoms with E-state index in [1.807, 2.05) is 0 Å². The van der Waals surface area contributed by atoms with Crippen molar-refractivity contribution < 1.29 is 51.7 Å². The van der Waals surface area contributed by atoms with Crippen LogP contribution in [0.4, 0.5) is 24.7 Å². The fourth-order valence-electron chi connectivity index (χ4n) is 10.0. The topological polar surface area (TPSA) is 155 Å². The summed E-state index contributed by atoms with van der Waals surface area (Å²) in [5, 5.41) is 12.4. The first kappa shape index (κ1) is 42.6. The molecule has 12 nitrogen and oxygen atoms in total. The molecule has 1 saturated carbocycles. The Morgan fingerprint density at radius 1 is 0.859 bits per heavy atom. The van der Waals surface area contributed by atoms with Gasteiger partial charge in [-0.15, -0.1) is 0 Å². The van der Waals surface area contributed by atoms with E-state index in [0.717, 1.165) is 4.90 Å². The number of methoxy groups -OCH3 is 2. The molecule has 3 fully saturated rings. The molecule has 0 bridgehead atoms. The number of carbonyl (C=O) groups is 5. The van der Waals surface area contributed by atoms with Gasteiger partial charge in [0.25, 0.3) is 11.8 Å². The van der Waals surface area contributed by atoms with Gasteiger partial charge in [0.1, 0.15) is 17.2 Å². The number of phenols is 1. The van der Waals surface area contributed by atoms with Crippen LogP contribution in [0.3, 0.4) is 0 Å². The summed E-state index contributed by atoms with van der Waals surface area (Å²) in [5.41, 5.74) is 1.32. The summed E-state index contributed by atoms with van der Waals surface area (Å²) in [6.45, 7) is 0. The Labute approximate surface area is 373 Å². The molecular weight excluding hydrogens is 876 g/mol. The SMILES string of the molecule is COc1cc(O)c([C@H]2C3=CC[C@@H]4C(=O)N(c5ccc(C(=O)c6ccccc6)cc5)C(=O)[C@@H]4[C@@H]3C[C@H]3C(=O)N(Nc4ncc(C(F)(F)F)cc4Cl)C(=O)[C@@]23c2ccc(Cl)cc2)c(OC)c1. The molecule has 6 atom stereocenters. The number of aromatic hydroxyl groups is 1. The quantitative estimate of drug-likeness (QED) is 0.0835. The number of pyridine rings is 1. The molecule has 4 aromatic carbocycles. The highest BCUT2D eigenvalue weighted by atomic mass is 35.5. The van der Waals surface area contributed by atoms with E-state index in [-0.39, 0.29) is 52.7 Å². The number of nitrogens with zero attached hydrogens (tertiary/aromatic N) is 3. The first-order valence-electron chi connectivity index (χ1n) is 20.0. The van der Waals surface area contributed by atoms with E-state index in [9.17, 15) is 32.7 Å². The number of ketones is 1. The minimum atomic E-state index is -4.80. The number of carbonyl (C=O) groups excluding carboxylic acids is 5. The van der Waals surface area contributed by atoms with Crippen molar-refractivity contribution in [2.75, 3.05) is 24.5 Å². The number of phenolic OH excluding ortho intramolecular Hbond substituents is 1. The van der Waals surface area contributed by atoms with Crippen LogP contribution >= 0.6 is 23.2 Å². The standard InChI is InChI=1S/C47H35Cl2F3N4O8/c1-63-29-19-35(57)38(36(20-29)64-2)39-30-16-17-31-37(44(61)55(42(31)59)28-14-8-24(9-15-28)40(58)23-6-4-3-5-7-23)32(30)21-33-43(60)56(45(62)46(33,39)25-10-12-27(48)13-11-25)54-41-34(49)18-26(22-53-41)47(50,51)52/h3-16,18-20,22,31-33,37,39,57H,17,21H2,1-2H3,(H,53,54)/t31-,32+,33-,37-,39+,46+/m0/s1. The molecule has 2 saturated heterocycles. The third kappa shape index (κ3) is 6.59. The number of fused-ring (bicyclic) bond motifs is 4. The monoisotopic (exact) mass is 910 g/mol. The predicted molar refractivity (Wildman–Crippen MR) is 227 cm³/mol. The third-order valence-electron chi connectivity index (χ3n) is 12.8. The number of benzene rings is 4. The lowest BCUT2D eigenvalue weighted by molar-refractivity contribution is -0.139. The zero-order chi connectivity index (χ0) is 45.4. The van der Waals surface area contributed by atoms with Gasteiger partial charge in [0.2, 0.25) is 11.8 Å². The van der Waals surface area contributed by atoms with Gasteiger partial charge in [-0.3, -0.25) is 34.3 Å². The average Bonchev–Trinajstić information content (AvgIpc) is 3.67. The maximum Gasteiger partial charge on any atom is 0.417 e. The fourth-order valence-corrected chi connectivity index (χ4v) is 10.4. The highest BCUT2D eigenvalue weighted by Gasteiger charge is 2.71. The van der Waals surface area contributed by atoms with E-state index in [1.165, 1.54) is 62.8 Å². The Hall–Kier alpha value is -6.71. The molecule has 0 unspecified atom stereocenters. The molecule has 64 heavy (non-hydrogen) atoms. The van der Waals surface area contributed by atoms with Crippen molar-refractivity contribution in [1.29, 1.82) is 0 Å². The zero-order valence-corrected chi connectivity index (χ0v) is 35.2. The molecule has 4 amide bonds. The van der Waals surface area contributed by atoms with Crippen LogP contribution in [0.5, 0.6) is 17.2 Å². The Bertz CT molecular complexity index is 2810. The average molecular weight is 912 g/mol. The van der Waals surface area contributed by atoms with Crippen molar-refractivity contribution in [3.8, 4) is 17.2 Å². The van der Waals surface area contributed by atoms with Crippen LogP contribution in [0.2, 0.25) is 10.0 Å². The molecule has 5 aromatic rings. The van der Waals surface area contributed by atoms with Crippen molar-refractivity contribution in [3.05, 3.63) is 153 Å². The second-order valence-electron chi connectivity index (χ2n) is 15.9. The number of rotatable bonds is 9. The largest absolute Gasteiger partial charge is 0.507 e. The number of amides is 4. The molecule has 2 aliphatic heterocycles. The summed E-state index contributed by atoms with van der Waals surface area (Å²) in [5.74, 6) is -9.03. The predicted octanol–water partition coefficient (Wildman–Crippen LogP) is 8.55. The molecule has 4 aliphatic rings. The van der Waals surface area contributed by atoms with Gasteiger partial charge in [-0.2, -0.15) is 18.2 Å². The van der Waals surface area contributed by atoms with Crippen LogP contribution in [-0.2, 0) is 30.8 Å². The number of imide groups is 2. The molecule has 1 aromatic heterocycles. The molecule has 17 heteroatoms. The van der Waals surface area contributed by atoms with E-state index < -0.39 is 81.2 Å². The van der Waals surface area contributed by atoms with Crippen molar-refractivity contribution >= 4 is 64.1 Å². The minimum Gasteiger partial charge on any atom is -0.507 e. The first-order valence-corrected chi connectivity index (χ1v) is 20.7. The number of hydrogen-bond donors (Lipinski definition) is 2. The van der Waals surface area contributed by atoms with E-state index >= 15 is 9.59 Å². The van der Waals surface area contributed by atoms with Gasteiger partial charge >= 0.3 is 6.18 Å². The van der Waals surface area contributed by atoms with Crippen LogP contribution in [0, 0.1) is 23.7 Å². The number of allylic oxidation sites excluding steroid dienone is 2. The second kappa shape index (κ2) is 15.8. The van der Waals surface area contributed by atoms with E-state index in [2.05, 4.69) is 10.4 Å². The number of anilines is 2. The molecule has 3 heterocycles.